The third kappa shape index (κ3) is 6.73. The van der Waals surface area contributed by atoms with E-state index < -0.39 is 5.25 Å². The van der Waals surface area contributed by atoms with E-state index in [1.54, 1.807) is 62.3 Å². The fraction of sp³-hybridized carbons (Fsp3) is 0.323. The fourth-order valence-electron chi connectivity index (χ4n) is 4.46. The van der Waals surface area contributed by atoms with Gasteiger partial charge in [-0.25, -0.2) is 4.98 Å². The predicted molar refractivity (Wildman–Crippen MR) is 164 cm³/mol. The molecule has 1 amide bonds. The van der Waals surface area contributed by atoms with E-state index in [0.717, 1.165) is 5.56 Å². The number of fused-ring (bicyclic) bond motifs is 1. The minimum absolute atomic E-state index is 0.205. The van der Waals surface area contributed by atoms with Gasteiger partial charge in [-0.1, -0.05) is 30.8 Å². The van der Waals surface area contributed by atoms with Crippen molar-refractivity contribution >= 4 is 34.3 Å². The van der Waals surface area contributed by atoms with Gasteiger partial charge in [0.2, 0.25) is 5.91 Å². The smallest absolute Gasteiger partial charge is 0.262 e. The van der Waals surface area contributed by atoms with Crippen LogP contribution in [0.4, 0.5) is 5.69 Å². The number of benzene rings is 3. The van der Waals surface area contributed by atoms with Crippen molar-refractivity contribution in [3.05, 3.63) is 70.5 Å². The van der Waals surface area contributed by atoms with Crippen molar-refractivity contribution in [3.8, 4) is 28.7 Å². The van der Waals surface area contributed by atoms with E-state index in [0.29, 0.717) is 69.9 Å². The zero-order valence-electron chi connectivity index (χ0n) is 24.6. The Morgan fingerprint density at radius 1 is 0.881 bits per heavy atom. The van der Waals surface area contributed by atoms with Gasteiger partial charge < -0.3 is 29.0 Å². The average molecular weight is 594 g/mol. The predicted octanol–water partition coefficient (Wildman–Crippen LogP) is 5.19. The number of carbonyl (C=O) groups is 1. The van der Waals surface area contributed by atoms with Crippen LogP contribution in [0.1, 0.15) is 18.9 Å². The molecule has 10 nitrogen and oxygen atoms in total. The van der Waals surface area contributed by atoms with Crippen LogP contribution in [-0.2, 0) is 17.8 Å². The van der Waals surface area contributed by atoms with E-state index in [-0.39, 0.29) is 11.5 Å². The number of amides is 1. The van der Waals surface area contributed by atoms with Crippen LogP contribution in [0.3, 0.4) is 0 Å². The Bertz CT molecular complexity index is 1620. The second-order valence-corrected chi connectivity index (χ2v) is 10.4. The number of ether oxygens (including phenoxy) is 5. The molecule has 42 heavy (non-hydrogen) atoms. The normalized spacial score (nSPS) is 11.6. The summed E-state index contributed by atoms with van der Waals surface area (Å²) in [6, 6.07) is 16.1. The maximum absolute atomic E-state index is 13.9. The van der Waals surface area contributed by atoms with Crippen LogP contribution in [0.2, 0.25) is 0 Å². The summed E-state index contributed by atoms with van der Waals surface area (Å²) >= 11 is 1.25. The van der Waals surface area contributed by atoms with Crippen LogP contribution in [0.5, 0.6) is 28.7 Å². The van der Waals surface area contributed by atoms with Gasteiger partial charge in [-0.2, -0.15) is 0 Å². The number of methoxy groups -OCH3 is 5. The summed E-state index contributed by atoms with van der Waals surface area (Å²) < 4.78 is 28.6. The molecule has 222 valence electrons. The van der Waals surface area contributed by atoms with Gasteiger partial charge >= 0.3 is 0 Å². The number of thioether (sulfide) groups is 1. The lowest BCUT2D eigenvalue weighted by molar-refractivity contribution is -0.115. The highest BCUT2D eigenvalue weighted by Crippen LogP contribution is 2.33. The van der Waals surface area contributed by atoms with Crippen LogP contribution >= 0.6 is 11.8 Å². The molecule has 0 spiro atoms. The van der Waals surface area contributed by atoms with Gasteiger partial charge in [0.05, 0.1) is 51.7 Å². The first kappa shape index (κ1) is 30.6. The first-order chi connectivity index (χ1) is 20.3. The highest BCUT2D eigenvalue weighted by Gasteiger charge is 2.23. The van der Waals surface area contributed by atoms with Gasteiger partial charge in [-0.15, -0.1) is 0 Å². The summed E-state index contributed by atoms with van der Waals surface area (Å²) in [5.41, 5.74) is 1.77. The van der Waals surface area contributed by atoms with Gasteiger partial charge in [0.15, 0.2) is 28.2 Å². The molecule has 0 bridgehead atoms. The van der Waals surface area contributed by atoms with Crippen molar-refractivity contribution in [2.45, 2.75) is 36.7 Å². The van der Waals surface area contributed by atoms with E-state index >= 15 is 0 Å². The van der Waals surface area contributed by atoms with Gasteiger partial charge in [0.1, 0.15) is 5.75 Å². The lowest BCUT2D eigenvalue weighted by Gasteiger charge is -2.19. The van der Waals surface area contributed by atoms with E-state index in [1.165, 1.54) is 26.0 Å². The number of carbonyl (C=O) groups excluding carboxylic acids is 1. The summed E-state index contributed by atoms with van der Waals surface area (Å²) in [5, 5.41) is 3.25. The van der Waals surface area contributed by atoms with E-state index in [9.17, 15) is 9.59 Å². The van der Waals surface area contributed by atoms with Crippen molar-refractivity contribution in [3.63, 3.8) is 0 Å². The van der Waals surface area contributed by atoms with Crippen LogP contribution in [0.25, 0.3) is 10.9 Å². The Balaban J connectivity index is 1.72. The van der Waals surface area contributed by atoms with Crippen molar-refractivity contribution in [1.29, 1.82) is 0 Å². The van der Waals surface area contributed by atoms with Crippen LogP contribution in [0.15, 0.2) is 64.5 Å². The summed E-state index contributed by atoms with van der Waals surface area (Å²) in [4.78, 5) is 32.1. The number of aryl methyl sites for hydroxylation is 1. The van der Waals surface area contributed by atoms with Crippen LogP contribution in [0, 0.1) is 0 Å². The molecule has 1 aromatic heterocycles. The fourth-order valence-corrected chi connectivity index (χ4v) is 5.50. The van der Waals surface area contributed by atoms with Gasteiger partial charge in [-0.05, 0) is 48.7 Å². The highest BCUT2D eigenvalue weighted by atomic mass is 32.2. The SMILES string of the molecule is CC[C@H](Sc1nc2cc(OC)c(OC)cc2c(=O)n1CCc1ccc(OC)c(OC)c1)C(=O)Nc1cccc(OC)c1. The molecule has 0 aliphatic heterocycles. The molecule has 4 rings (SSSR count). The quantitative estimate of drug-likeness (QED) is 0.165. The Kier molecular flexibility index (Phi) is 10.2. The molecule has 0 radical (unpaired) electrons. The molecule has 11 heteroatoms. The Labute approximate surface area is 248 Å². The van der Waals surface area contributed by atoms with Crippen molar-refractivity contribution in [1.82, 2.24) is 9.55 Å². The number of hydrogen-bond acceptors (Lipinski definition) is 9. The second-order valence-electron chi connectivity index (χ2n) is 9.25. The van der Waals surface area contributed by atoms with Crippen molar-refractivity contribution in [2.75, 3.05) is 40.9 Å². The maximum atomic E-state index is 13.9. The second kappa shape index (κ2) is 14.0. The summed E-state index contributed by atoms with van der Waals surface area (Å²) in [7, 11) is 7.78. The molecule has 3 aromatic carbocycles. The largest absolute Gasteiger partial charge is 0.497 e. The van der Waals surface area contributed by atoms with Crippen molar-refractivity contribution in [2.24, 2.45) is 0 Å². The topological polar surface area (TPSA) is 110 Å². The minimum atomic E-state index is -0.520. The van der Waals surface area contributed by atoms with Crippen LogP contribution in [-0.4, -0.2) is 56.3 Å². The minimum Gasteiger partial charge on any atom is -0.497 e. The number of nitrogens with one attached hydrogen (secondary N) is 1. The van der Waals surface area contributed by atoms with Crippen molar-refractivity contribution < 1.29 is 28.5 Å². The van der Waals surface area contributed by atoms with E-state index in [1.807, 2.05) is 25.1 Å². The molecule has 0 saturated heterocycles. The number of aromatic nitrogens is 2. The van der Waals surface area contributed by atoms with E-state index in [4.69, 9.17) is 28.7 Å². The molecule has 0 unspecified atom stereocenters. The molecular weight excluding hydrogens is 558 g/mol. The number of anilines is 1. The van der Waals surface area contributed by atoms with Gasteiger partial charge in [-0.3, -0.25) is 14.2 Å². The number of rotatable bonds is 13. The Hall–Kier alpha value is -4.38. The molecule has 4 aromatic rings. The monoisotopic (exact) mass is 593 g/mol. The lowest BCUT2D eigenvalue weighted by Crippen LogP contribution is -2.28. The molecule has 1 N–H and O–H groups in total. The Morgan fingerprint density at radius 2 is 1.57 bits per heavy atom. The standard InChI is InChI=1S/C31H35N3O7S/c1-7-28(29(35)32-20-9-8-10-21(16-20)37-2)42-31-33-23-18-27(41-6)26(40-5)17-22(23)30(36)34(31)14-13-19-11-12-24(38-3)25(15-19)39-4/h8-12,15-18,28H,7,13-14H2,1-6H3,(H,32,35)/t28-/m0/s1. The third-order valence-electron chi connectivity index (χ3n) is 6.74. The molecule has 0 aliphatic carbocycles. The molecule has 0 saturated carbocycles. The maximum Gasteiger partial charge on any atom is 0.262 e. The number of nitrogens with zero attached hydrogens (tertiary/aromatic N) is 2. The average Bonchev–Trinajstić information content (AvgIpc) is 3.02. The summed E-state index contributed by atoms with van der Waals surface area (Å²) in [5.74, 6) is 2.54. The third-order valence-corrected chi connectivity index (χ3v) is 8.10. The molecule has 0 aliphatic rings. The molecule has 1 atom stereocenters. The number of hydrogen-bond donors (Lipinski definition) is 1. The molecule has 0 fully saturated rings. The zero-order valence-corrected chi connectivity index (χ0v) is 25.4. The Morgan fingerprint density at radius 3 is 2.24 bits per heavy atom. The first-order valence-electron chi connectivity index (χ1n) is 13.3. The van der Waals surface area contributed by atoms with Gasteiger partial charge in [0.25, 0.3) is 5.56 Å². The highest BCUT2D eigenvalue weighted by molar-refractivity contribution is 8.00. The lowest BCUT2D eigenvalue weighted by atomic mass is 10.1. The van der Waals surface area contributed by atoms with Gasteiger partial charge in [0, 0.05) is 24.4 Å². The summed E-state index contributed by atoms with van der Waals surface area (Å²) in [6.45, 7) is 2.24. The molecular formula is C31H35N3O7S. The summed E-state index contributed by atoms with van der Waals surface area (Å²) in [6.07, 6.45) is 1.02. The molecule has 1 heterocycles. The van der Waals surface area contributed by atoms with Crippen LogP contribution < -0.4 is 34.6 Å². The van der Waals surface area contributed by atoms with E-state index in [2.05, 4.69) is 5.32 Å². The zero-order chi connectivity index (χ0) is 30.2. The first-order valence-corrected chi connectivity index (χ1v) is 14.2.